The van der Waals surface area contributed by atoms with Crippen LogP contribution < -0.4 is 5.32 Å². The summed E-state index contributed by atoms with van der Waals surface area (Å²) in [5, 5.41) is 2.72. The van der Waals surface area contributed by atoms with Crippen molar-refractivity contribution in [2.75, 3.05) is 6.54 Å². The van der Waals surface area contributed by atoms with Gasteiger partial charge in [-0.05, 0) is 26.2 Å². The van der Waals surface area contributed by atoms with Crippen LogP contribution >= 0.6 is 0 Å². The van der Waals surface area contributed by atoms with Gasteiger partial charge >= 0.3 is 5.97 Å². The predicted octanol–water partition coefficient (Wildman–Crippen LogP) is 7.30. The average Bonchev–Trinajstić information content (AvgIpc) is 2.72. The Hall–Kier alpha value is -1.06. The van der Waals surface area contributed by atoms with Gasteiger partial charge in [0.1, 0.15) is 6.10 Å². The van der Waals surface area contributed by atoms with Crippen molar-refractivity contribution < 1.29 is 14.3 Å². The fourth-order valence-electron chi connectivity index (χ4n) is 3.77. The summed E-state index contributed by atoms with van der Waals surface area (Å²) < 4.78 is 5.66. The summed E-state index contributed by atoms with van der Waals surface area (Å²) in [6, 6.07) is 0. The molecule has 1 radical (unpaired) electrons. The molecule has 0 bridgehead atoms. The Kier molecular flexibility index (Phi) is 21.8. The SMILES string of the molecule is [CH2]CNC(=O)C[C@@H](CCCCCCCCCCC)OC(=O)CCCCCCCCC. The lowest BCUT2D eigenvalue weighted by Crippen LogP contribution is -2.29. The Labute approximate surface area is 187 Å². The van der Waals surface area contributed by atoms with E-state index in [1.165, 1.54) is 77.0 Å². The van der Waals surface area contributed by atoms with E-state index in [0.29, 0.717) is 13.0 Å². The van der Waals surface area contributed by atoms with Gasteiger partial charge in [-0.2, -0.15) is 0 Å². The molecule has 0 aromatic heterocycles. The molecular formula is C26H50NO3. The molecule has 0 aliphatic rings. The zero-order valence-electron chi connectivity index (χ0n) is 20.2. The molecule has 4 nitrogen and oxygen atoms in total. The van der Waals surface area contributed by atoms with E-state index < -0.39 is 0 Å². The molecule has 1 atom stereocenters. The van der Waals surface area contributed by atoms with Gasteiger partial charge in [-0.25, -0.2) is 0 Å². The first-order valence-electron chi connectivity index (χ1n) is 12.9. The second-order valence-electron chi connectivity index (χ2n) is 8.65. The van der Waals surface area contributed by atoms with E-state index in [9.17, 15) is 9.59 Å². The number of esters is 1. The number of hydrogen-bond donors (Lipinski definition) is 1. The quantitative estimate of drug-likeness (QED) is 0.146. The lowest BCUT2D eigenvalue weighted by Gasteiger charge is -2.18. The van der Waals surface area contributed by atoms with Crippen LogP contribution in [0.15, 0.2) is 0 Å². The first-order chi connectivity index (χ1) is 14.6. The molecule has 0 fully saturated rings. The third kappa shape index (κ3) is 20.2. The van der Waals surface area contributed by atoms with Gasteiger partial charge in [0.15, 0.2) is 0 Å². The van der Waals surface area contributed by atoms with Gasteiger partial charge in [0.2, 0.25) is 5.91 Å². The van der Waals surface area contributed by atoms with Gasteiger partial charge < -0.3 is 10.1 Å². The van der Waals surface area contributed by atoms with Crippen molar-refractivity contribution in [1.29, 1.82) is 0 Å². The van der Waals surface area contributed by atoms with E-state index in [1.54, 1.807) is 0 Å². The third-order valence-electron chi connectivity index (χ3n) is 5.65. The third-order valence-corrected chi connectivity index (χ3v) is 5.65. The number of amides is 1. The van der Waals surface area contributed by atoms with Crippen LogP contribution in [-0.4, -0.2) is 24.5 Å². The number of carbonyl (C=O) groups is 2. The van der Waals surface area contributed by atoms with E-state index in [2.05, 4.69) is 26.1 Å². The Morgan fingerprint density at radius 1 is 0.733 bits per heavy atom. The monoisotopic (exact) mass is 424 g/mol. The van der Waals surface area contributed by atoms with E-state index in [1.807, 2.05) is 0 Å². The van der Waals surface area contributed by atoms with Crippen LogP contribution in [0.3, 0.4) is 0 Å². The van der Waals surface area contributed by atoms with Crippen molar-refractivity contribution in [3.8, 4) is 0 Å². The zero-order valence-corrected chi connectivity index (χ0v) is 20.2. The fraction of sp³-hybridized carbons (Fsp3) is 0.885. The van der Waals surface area contributed by atoms with Gasteiger partial charge in [0, 0.05) is 13.0 Å². The van der Waals surface area contributed by atoms with Crippen LogP contribution in [-0.2, 0) is 14.3 Å². The van der Waals surface area contributed by atoms with Gasteiger partial charge in [-0.15, -0.1) is 0 Å². The Morgan fingerprint density at radius 2 is 1.20 bits per heavy atom. The molecule has 0 saturated heterocycles. The minimum atomic E-state index is -0.293. The molecule has 30 heavy (non-hydrogen) atoms. The van der Waals surface area contributed by atoms with Crippen LogP contribution in [0.2, 0.25) is 0 Å². The standard InChI is InChI=1S/C26H50NO3/c1-4-7-9-11-13-14-16-17-19-21-24(23-25(28)27-6-3)30-26(29)22-20-18-15-12-10-8-5-2/h24H,3-23H2,1-2H3,(H,27,28)/t24-/m1/s1. The Balaban J connectivity index is 4.00. The number of unbranched alkanes of at least 4 members (excludes halogenated alkanes) is 14. The predicted molar refractivity (Wildman–Crippen MR) is 127 cm³/mol. The molecule has 0 aromatic carbocycles. The Bertz CT molecular complexity index is 398. The molecule has 0 rings (SSSR count). The molecule has 4 heteroatoms. The van der Waals surface area contributed by atoms with Crippen molar-refractivity contribution in [3.05, 3.63) is 6.92 Å². The second-order valence-corrected chi connectivity index (χ2v) is 8.65. The maximum atomic E-state index is 12.2. The van der Waals surface area contributed by atoms with E-state index >= 15 is 0 Å². The summed E-state index contributed by atoms with van der Waals surface area (Å²) in [5.41, 5.74) is 0. The first-order valence-corrected chi connectivity index (χ1v) is 12.9. The second kappa shape index (κ2) is 22.6. The molecule has 1 amide bonds. The molecule has 0 aliphatic carbocycles. The molecule has 0 aromatic rings. The fourth-order valence-corrected chi connectivity index (χ4v) is 3.77. The average molecular weight is 425 g/mol. The van der Waals surface area contributed by atoms with Crippen molar-refractivity contribution in [2.45, 2.75) is 142 Å². The largest absolute Gasteiger partial charge is 0.462 e. The maximum Gasteiger partial charge on any atom is 0.306 e. The molecular weight excluding hydrogens is 374 g/mol. The smallest absolute Gasteiger partial charge is 0.306 e. The minimum absolute atomic E-state index is 0.0744. The number of hydrogen-bond acceptors (Lipinski definition) is 3. The Morgan fingerprint density at radius 3 is 1.70 bits per heavy atom. The van der Waals surface area contributed by atoms with Gasteiger partial charge in [0.25, 0.3) is 0 Å². The summed E-state index contributed by atoms with van der Waals surface area (Å²) in [6.07, 6.45) is 20.9. The van der Waals surface area contributed by atoms with Crippen LogP contribution in [0, 0.1) is 6.92 Å². The summed E-state index contributed by atoms with van der Waals surface area (Å²) in [6.45, 7) is 8.49. The number of nitrogens with one attached hydrogen (secondary N) is 1. The van der Waals surface area contributed by atoms with Crippen LogP contribution in [0.1, 0.15) is 136 Å². The maximum absolute atomic E-state index is 12.2. The van der Waals surface area contributed by atoms with E-state index in [-0.39, 0.29) is 24.4 Å². The van der Waals surface area contributed by atoms with Crippen LogP contribution in [0.4, 0.5) is 0 Å². The summed E-state index contributed by atoms with van der Waals surface area (Å²) in [4.78, 5) is 24.2. The highest BCUT2D eigenvalue weighted by atomic mass is 16.5. The zero-order chi connectivity index (χ0) is 22.3. The van der Waals surface area contributed by atoms with Gasteiger partial charge in [-0.3, -0.25) is 9.59 Å². The molecule has 0 aliphatic heterocycles. The first kappa shape index (κ1) is 28.9. The highest BCUT2D eigenvalue weighted by Gasteiger charge is 2.18. The lowest BCUT2D eigenvalue weighted by atomic mass is 10.0. The highest BCUT2D eigenvalue weighted by molar-refractivity contribution is 5.77. The summed E-state index contributed by atoms with van der Waals surface area (Å²) >= 11 is 0. The van der Waals surface area contributed by atoms with E-state index in [0.717, 1.165) is 32.1 Å². The van der Waals surface area contributed by atoms with Crippen molar-refractivity contribution in [3.63, 3.8) is 0 Å². The number of ether oxygens (including phenoxy) is 1. The molecule has 177 valence electrons. The molecule has 0 spiro atoms. The summed E-state index contributed by atoms with van der Waals surface area (Å²) in [5.74, 6) is -0.221. The molecule has 1 N–H and O–H groups in total. The van der Waals surface area contributed by atoms with Crippen LogP contribution in [0.5, 0.6) is 0 Å². The van der Waals surface area contributed by atoms with Crippen molar-refractivity contribution >= 4 is 11.9 Å². The molecule has 0 saturated carbocycles. The number of carbonyl (C=O) groups excluding carboxylic acids is 2. The van der Waals surface area contributed by atoms with Gasteiger partial charge in [-0.1, -0.05) is 104 Å². The van der Waals surface area contributed by atoms with Crippen molar-refractivity contribution in [1.82, 2.24) is 5.32 Å². The van der Waals surface area contributed by atoms with Crippen molar-refractivity contribution in [2.24, 2.45) is 0 Å². The lowest BCUT2D eigenvalue weighted by molar-refractivity contribution is -0.150. The van der Waals surface area contributed by atoms with E-state index in [4.69, 9.17) is 4.74 Å². The molecule has 0 unspecified atom stereocenters. The van der Waals surface area contributed by atoms with Gasteiger partial charge in [0.05, 0.1) is 6.42 Å². The highest BCUT2D eigenvalue weighted by Crippen LogP contribution is 2.16. The number of rotatable bonds is 22. The topological polar surface area (TPSA) is 55.4 Å². The summed E-state index contributed by atoms with van der Waals surface area (Å²) in [7, 11) is 0. The molecule has 0 heterocycles. The van der Waals surface area contributed by atoms with Crippen LogP contribution in [0.25, 0.3) is 0 Å². The normalized spacial score (nSPS) is 12.0. The minimum Gasteiger partial charge on any atom is -0.462 e.